The molecule has 0 amide bonds. The molecule has 0 spiro atoms. The zero-order valence-electron chi connectivity index (χ0n) is 16.3. The van der Waals surface area contributed by atoms with Gasteiger partial charge in [-0.2, -0.15) is 5.26 Å². The molecule has 1 aromatic carbocycles. The van der Waals surface area contributed by atoms with Gasteiger partial charge in [0.25, 0.3) is 0 Å². The smallest absolute Gasteiger partial charge is 0.162 e. The van der Waals surface area contributed by atoms with Crippen molar-refractivity contribution >= 4 is 11.4 Å². The van der Waals surface area contributed by atoms with Gasteiger partial charge in [0.2, 0.25) is 0 Å². The fourth-order valence-electron chi connectivity index (χ4n) is 3.84. The van der Waals surface area contributed by atoms with E-state index in [2.05, 4.69) is 21.2 Å². The van der Waals surface area contributed by atoms with Crippen LogP contribution in [0.4, 0.5) is 5.69 Å². The monoisotopic (exact) mass is 371 g/mol. The highest BCUT2D eigenvalue weighted by Crippen LogP contribution is 2.41. The SMILES string of the molecule is COc1cc2c(cc1OC)C(N1CCCN(CCCN)CC1)=C(C#N)CN2. The lowest BCUT2D eigenvalue weighted by atomic mass is 9.98. The second kappa shape index (κ2) is 8.98. The van der Waals surface area contributed by atoms with Crippen LogP contribution in [0.3, 0.4) is 0 Å². The van der Waals surface area contributed by atoms with Crippen molar-refractivity contribution in [3.63, 3.8) is 0 Å². The topological polar surface area (TPSA) is 86.8 Å². The van der Waals surface area contributed by atoms with E-state index in [-0.39, 0.29) is 0 Å². The molecule has 0 bridgehead atoms. The Hall–Kier alpha value is -2.43. The molecule has 0 saturated carbocycles. The molecule has 27 heavy (non-hydrogen) atoms. The summed E-state index contributed by atoms with van der Waals surface area (Å²) in [5.41, 5.74) is 9.43. The zero-order valence-corrected chi connectivity index (χ0v) is 16.3. The van der Waals surface area contributed by atoms with Crippen LogP contribution in [0.5, 0.6) is 11.5 Å². The minimum absolute atomic E-state index is 0.529. The average Bonchev–Trinajstić information content (AvgIpc) is 2.95. The Morgan fingerprint density at radius 2 is 1.93 bits per heavy atom. The maximum absolute atomic E-state index is 9.73. The molecule has 1 aromatic rings. The minimum Gasteiger partial charge on any atom is -0.493 e. The van der Waals surface area contributed by atoms with Gasteiger partial charge in [-0.1, -0.05) is 0 Å². The Bertz CT molecular complexity index is 741. The Morgan fingerprint density at radius 3 is 2.63 bits per heavy atom. The van der Waals surface area contributed by atoms with Crippen molar-refractivity contribution in [2.24, 2.45) is 5.73 Å². The quantitative estimate of drug-likeness (QED) is 0.787. The van der Waals surface area contributed by atoms with Gasteiger partial charge in [-0.25, -0.2) is 0 Å². The van der Waals surface area contributed by atoms with Crippen LogP contribution in [-0.4, -0.2) is 69.8 Å². The highest BCUT2D eigenvalue weighted by Gasteiger charge is 2.27. The number of nitrogens with zero attached hydrogens (tertiary/aromatic N) is 3. The Balaban J connectivity index is 1.92. The number of anilines is 1. The molecule has 3 rings (SSSR count). The van der Waals surface area contributed by atoms with E-state index in [0.29, 0.717) is 18.0 Å². The van der Waals surface area contributed by atoms with Crippen molar-refractivity contribution in [3.8, 4) is 17.6 Å². The first kappa shape index (κ1) is 19.3. The summed E-state index contributed by atoms with van der Waals surface area (Å²) in [6, 6.07) is 6.33. The molecule has 146 valence electrons. The summed E-state index contributed by atoms with van der Waals surface area (Å²) >= 11 is 0. The Labute approximate surface area is 161 Å². The van der Waals surface area contributed by atoms with Gasteiger partial charge < -0.3 is 30.3 Å². The molecule has 2 heterocycles. The molecule has 7 nitrogen and oxygen atoms in total. The van der Waals surface area contributed by atoms with E-state index < -0.39 is 0 Å². The summed E-state index contributed by atoms with van der Waals surface area (Å²) in [6.45, 7) is 6.19. The average molecular weight is 371 g/mol. The third-order valence-corrected chi connectivity index (χ3v) is 5.24. The number of hydrogen-bond acceptors (Lipinski definition) is 7. The number of hydrogen-bond donors (Lipinski definition) is 2. The number of nitriles is 1. The Kier molecular flexibility index (Phi) is 6.43. The van der Waals surface area contributed by atoms with Gasteiger partial charge in [-0.05, 0) is 38.5 Å². The van der Waals surface area contributed by atoms with Crippen molar-refractivity contribution in [3.05, 3.63) is 23.3 Å². The minimum atomic E-state index is 0.529. The molecule has 0 unspecified atom stereocenters. The van der Waals surface area contributed by atoms with Crippen molar-refractivity contribution in [1.82, 2.24) is 9.80 Å². The summed E-state index contributed by atoms with van der Waals surface area (Å²) in [4.78, 5) is 4.82. The zero-order chi connectivity index (χ0) is 19.2. The second-order valence-electron chi connectivity index (χ2n) is 6.87. The van der Waals surface area contributed by atoms with Crippen molar-refractivity contribution in [2.45, 2.75) is 12.8 Å². The number of nitrogens with one attached hydrogen (secondary N) is 1. The van der Waals surface area contributed by atoms with Gasteiger partial charge in [0.15, 0.2) is 11.5 Å². The van der Waals surface area contributed by atoms with Crippen molar-refractivity contribution in [1.29, 1.82) is 5.26 Å². The van der Waals surface area contributed by atoms with E-state index in [0.717, 1.165) is 74.6 Å². The van der Waals surface area contributed by atoms with E-state index in [1.54, 1.807) is 14.2 Å². The molecule has 0 aliphatic carbocycles. The summed E-state index contributed by atoms with van der Waals surface area (Å²) in [5, 5.41) is 13.1. The van der Waals surface area contributed by atoms with Gasteiger partial charge in [0.05, 0.1) is 38.1 Å². The van der Waals surface area contributed by atoms with Gasteiger partial charge in [-0.15, -0.1) is 0 Å². The maximum atomic E-state index is 9.73. The van der Waals surface area contributed by atoms with Gasteiger partial charge >= 0.3 is 0 Å². The van der Waals surface area contributed by atoms with Gasteiger partial charge in [0, 0.05) is 37.0 Å². The molecule has 1 saturated heterocycles. The molecule has 3 N–H and O–H groups in total. The third kappa shape index (κ3) is 4.12. The molecule has 0 radical (unpaired) electrons. The predicted molar refractivity (Wildman–Crippen MR) is 107 cm³/mol. The summed E-state index contributed by atoms with van der Waals surface area (Å²) in [7, 11) is 3.27. The standard InChI is InChI=1S/C20H29N5O2/c1-26-18-11-16-17(12-19(18)27-2)23-14-15(13-22)20(16)25-8-4-7-24(9-10-25)6-3-5-21/h11-12,23H,3-10,14,21H2,1-2H3. The highest BCUT2D eigenvalue weighted by atomic mass is 16.5. The maximum Gasteiger partial charge on any atom is 0.162 e. The van der Waals surface area contributed by atoms with Crippen molar-refractivity contribution < 1.29 is 9.47 Å². The molecule has 2 aliphatic heterocycles. The Morgan fingerprint density at radius 1 is 1.15 bits per heavy atom. The molecule has 0 atom stereocenters. The molecule has 1 fully saturated rings. The van der Waals surface area contributed by atoms with Crippen LogP contribution in [0.15, 0.2) is 17.7 Å². The van der Waals surface area contributed by atoms with Crippen molar-refractivity contribution in [2.75, 3.05) is 65.3 Å². The normalized spacial score (nSPS) is 17.6. The van der Waals surface area contributed by atoms with Crippen LogP contribution in [0.1, 0.15) is 18.4 Å². The fraction of sp³-hybridized carbons (Fsp3) is 0.550. The number of nitrogens with two attached hydrogens (primary N) is 1. The van der Waals surface area contributed by atoms with E-state index in [4.69, 9.17) is 15.2 Å². The van der Waals surface area contributed by atoms with Crippen LogP contribution in [-0.2, 0) is 0 Å². The van der Waals surface area contributed by atoms with Crippen LogP contribution < -0.4 is 20.5 Å². The molecular formula is C20H29N5O2. The molecule has 2 aliphatic rings. The first-order valence-corrected chi connectivity index (χ1v) is 9.52. The number of benzene rings is 1. The molecule has 7 heteroatoms. The number of rotatable bonds is 6. The first-order valence-electron chi connectivity index (χ1n) is 9.52. The summed E-state index contributed by atoms with van der Waals surface area (Å²) in [5.74, 6) is 1.36. The first-order chi connectivity index (χ1) is 13.2. The summed E-state index contributed by atoms with van der Waals surface area (Å²) in [6.07, 6.45) is 2.10. The van der Waals surface area contributed by atoms with Crippen LogP contribution in [0.25, 0.3) is 5.70 Å². The summed E-state index contributed by atoms with van der Waals surface area (Å²) < 4.78 is 10.9. The van der Waals surface area contributed by atoms with Gasteiger partial charge in [-0.3, -0.25) is 0 Å². The second-order valence-corrected chi connectivity index (χ2v) is 6.87. The number of methoxy groups -OCH3 is 2. The molecular weight excluding hydrogens is 342 g/mol. The lowest BCUT2D eigenvalue weighted by molar-refractivity contribution is 0.282. The fourth-order valence-corrected chi connectivity index (χ4v) is 3.84. The lowest BCUT2D eigenvalue weighted by Crippen LogP contribution is -2.33. The van der Waals surface area contributed by atoms with E-state index in [1.165, 1.54) is 0 Å². The number of fused-ring (bicyclic) bond motifs is 1. The van der Waals surface area contributed by atoms with Gasteiger partial charge in [0.1, 0.15) is 0 Å². The van der Waals surface area contributed by atoms with Crippen LogP contribution in [0, 0.1) is 11.3 Å². The molecule has 0 aromatic heterocycles. The van der Waals surface area contributed by atoms with Crippen LogP contribution in [0.2, 0.25) is 0 Å². The van der Waals surface area contributed by atoms with Crippen LogP contribution >= 0.6 is 0 Å². The lowest BCUT2D eigenvalue weighted by Gasteiger charge is -2.32. The van der Waals surface area contributed by atoms with E-state index in [9.17, 15) is 5.26 Å². The highest BCUT2D eigenvalue weighted by molar-refractivity contribution is 5.85. The van der Waals surface area contributed by atoms with E-state index >= 15 is 0 Å². The largest absolute Gasteiger partial charge is 0.493 e. The predicted octanol–water partition coefficient (Wildman–Crippen LogP) is 1.72. The third-order valence-electron chi connectivity index (χ3n) is 5.24. The van der Waals surface area contributed by atoms with E-state index in [1.807, 2.05) is 12.1 Å². The number of ether oxygens (including phenoxy) is 2.